The van der Waals surface area contributed by atoms with E-state index >= 15 is 0 Å². The minimum Gasteiger partial charge on any atom is -0.399 e. The van der Waals surface area contributed by atoms with E-state index in [2.05, 4.69) is 10.6 Å². The van der Waals surface area contributed by atoms with Gasteiger partial charge in [-0.1, -0.05) is 23.2 Å². The Bertz CT molecular complexity index is 438. The Labute approximate surface area is 117 Å². The Morgan fingerprint density at radius 1 is 1.33 bits per heavy atom. The highest BCUT2D eigenvalue weighted by Gasteiger charge is 2.26. The maximum atomic E-state index is 11.6. The molecular weight excluding hydrogens is 273 g/mol. The van der Waals surface area contributed by atoms with Gasteiger partial charge >= 0.3 is 0 Å². The second-order valence-electron chi connectivity index (χ2n) is 4.68. The van der Waals surface area contributed by atoms with Gasteiger partial charge in [0.15, 0.2) is 0 Å². The molecule has 0 spiro atoms. The van der Waals surface area contributed by atoms with E-state index in [9.17, 15) is 4.79 Å². The molecule has 0 unspecified atom stereocenters. The highest BCUT2D eigenvalue weighted by Crippen LogP contribution is 2.33. The van der Waals surface area contributed by atoms with Crippen LogP contribution in [0.4, 0.5) is 11.4 Å². The molecule has 0 fully saturated rings. The number of hydrogen-bond acceptors (Lipinski definition) is 3. The SMILES string of the molecule is CNC(=O)C(C)(C)CNc1c(Cl)cc(N)cc1Cl. The summed E-state index contributed by atoms with van der Waals surface area (Å²) < 4.78 is 0. The van der Waals surface area contributed by atoms with Gasteiger partial charge in [-0.25, -0.2) is 0 Å². The molecule has 0 aromatic heterocycles. The molecule has 0 heterocycles. The minimum absolute atomic E-state index is 0.0577. The summed E-state index contributed by atoms with van der Waals surface area (Å²) >= 11 is 12.1. The zero-order valence-corrected chi connectivity index (χ0v) is 12.1. The van der Waals surface area contributed by atoms with Crippen molar-refractivity contribution in [3.63, 3.8) is 0 Å². The van der Waals surface area contributed by atoms with Gasteiger partial charge in [0.05, 0.1) is 21.1 Å². The minimum atomic E-state index is -0.567. The van der Waals surface area contributed by atoms with E-state index in [0.717, 1.165) is 0 Å². The largest absolute Gasteiger partial charge is 0.399 e. The zero-order valence-electron chi connectivity index (χ0n) is 10.6. The van der Waals surface area contributed by atoms with Crippen LogP contribution < -0.4 is 16.4 Å². The number of amides is 1. The Morgan fingerprint density at radius 3 is 2.28 bits per heavy atom. The summed E-state index contributed by atoms with van der Waals surface area (Å²) in [5.74, 6) is -0.0577. The van der Waals surface area contributed by atoms with E-state index < -0.39 is 5.41 Å². The van der Waals surface area contributed by atoms with Gasteiger partial charge < -0.3 is 16.4 Å². The van der Waals surface area contributed by atoms with Crippen molar-refractivity contribution in [2.45, 2.75) is 13.8 Å². The third-order valence-electron chi connectivity index (χ3n) is 2.61. The molecule has 1 rings (SSSR count). The predicted molar refractivity (Wildman–Crippen MR) is 77.2 cm³/mol. The second kappa shape index (κ2) is 5.67. The van der Waals surface area contributed by atoms with Crippen LogP contribution in [-0.4, -0.2) is 19.5 Å². The number of nitrogens with one attached hydrogen (secondary N) is 2. The fraction of sp³-hybridized carbons (Fsp3) is 0.417. The van der Waals surface area contributed by atoms with Crippen molar-refractivity contribution in [2.24, 2.45) is 5.41 Å². The number of anilines is 2. The quantitative estimate of drug-likeness (QED) is 0.747. The van der Waals surface area contributed by atoms with Gasteiger partial charge in [0.25, 0.3) is 0 Å². The number of hydrogen-bond donors (Lipinski definition) is 3. The first-order valence-corrected chi connectivity index (χ1v) is 6.24. The monoisotopic (exact) mass is 289 g/mol. The molecule has 0 radical (unpaired) electrons. The molecule has 18 heavy (non-hydrogen) atoms. The summed E-state index contributed by atoms with van der Waals surface area (Å²) in [6.45, 7) is 4.08. The summed E-state index contributed by atoms with van der Waals surface area (Å²) in [4.78, 5) is 11.6. The highest BCUT2D eigenvalue weighted by atomic mass is 35.5. The van der Waals surface area contributed by atoms with Gasteiger partial charge in [-0.3, -0.25) is 4.79 Å². The molecule has 4 N–H and O–H groups in total. The van der Waals surface area contributed by atoms with Gasteiger partial charge in [-0.2, -0.15) is 0 Å². The van der Waals surface area contributed by atoms with Gasteiger partial charge in [0.2, 0.25) is 5.91 Å². The molecule has 0 saturated carbocycles. The molecule has 100 valence electrons. The van der Waals surface area contributed by atoms with E-state index in [1.165, 1.54) is 0 Å². The molecule has 1 aromatic rings. The number of nitrogens with two attached hydrogens (primary N) is 1. The van der Waals surface area contributed by atoms with Gasteiger partial charge in [-0.15, -0.1) is 0 Å². The number of halogens is 2. The van der Waals surface area contributed by atoms with Crippen LogP contribution >= 0.6 is 23.2 Å². The van der Waals surface area contributed by atoms with Crippen LogP contribution in [0, 0.1) is 5.41 Å². The van der Waals surface area contributed by atoms with E-state index in [-0.39, 0.29) is 5.91 Å². The lowest BCUT2D eigenvalue weighted by molar-refractivity contribution is -0.128. The molecular formula is C12H17Cl2N3O. The molecule has 4 nitrogen and oxygen atoms in total. The third-order valence-corrected chi connectivity index (χ3v) is 3.21. The maximum Gasteiger partial charge on any atom is 0.227 e. The van der Waals surface area contributed by atoms with Crippen molar-refractivity contribution >= 4 is 40.5 Å². The highest BCUT2D eigenvalue weighted by molar-refractivity contribution is 6.39. The standard InChI is InChI=1S/C12H17Cl2N3O/c1-12(2,11(18)16-3)6-17-10-8(13)4-7(15)5-9(10)14/h4-5,17H,6,15H2,1-3H3,(H,16,18). The number of nitrogen functional groups attached to an aromatic ring is 1. The van der Waals surface area contributed by atoms with Crippen LogP contribution in [0.3, 0.4) is 0 Å². The van der Waals surface area contributed by atoms with Gasteiger partial charge in [0, 0.05) is 19.3 Å². The number of rotatable bonds is 4. The predicted octanol–water partition coefficient (Wildman–Crippen LogP) is 2.76. The Kier molecular flexibility index (Phi) is 4.71. The fourth-order valence-corrected chi connectivity index (χ4v) is 2.13. The molecule has 0 aliphatic carbocycles. The first kappa shape index (κ1) is 14.9. The third kappa shape index (κ3) is 3.43. The van der Waals surface area contributed by atoms with Gasteiger partial charge in [0.1, 0.15) is 0 Å². The van der Waals surface area contributed by atoms with E-state index in [1.807, 2.05) is 13.8 Å². The Morgan fingerprint density at radius 2 is 1.83 bits per heavy atom. The zero-order chi connectivity index (χ0) is 13.9. The van der Waals surface area contributed by atoms with Crippen molar-refractivity contribution < 1.29 is 4.79 Å². The Hall–Kier alpha value is -1.13. The molecule has 1 aromatic carbocycles. The molecule has 0 atom stereocenters. The van der Waals surface area contributed by atoms with Gasteiger partial charge in [-0.05, 0) is 26.0 Å². The van der Waals surface area contributed by atoms with Crippen molar-refractivity contribution in [1.29, 1.82) is 0 Å². The maximum absolute atomic E-state index is 11.6. The van der Waals surface area contributed by atoms with Crippen LogP contribution in [0.1, 0.15) is 13.8 Å². The molecule has 0 saturated heterocycles. The molecule has 1 amide bonds. The van der Waals surface area contributed by atoms with Crippen LogP contribution in [0.2, 0.25) is 10.0 Å². The first-order chi connectivity index (χ1) is 8.27. The molecule has 0 bridgehead atoms. The first-order valence-electron chi connectivity index (χ1n) is 5.48. The summed E-state index contributed by atoms with van der Waals surface area (Å²) in [5, 5.41) is 6.57. The topological polar surface area (TPSA) is 67.2 Å². The van der Waals surface area contributed by atoms with Crippen molar-refractivity contribution in [1.82, 2.24) is 5.32 Å². The normalized spacial score (nSPS) is 11.2. The summed E-state index contributed by atoms with van der Waals surface area (Å²) in [5.41, 5.74) is 6.14. The Balaban J connectivity index is 2.84. The van der Waals surface area contributed by atoms with Crippen molar-refractivity contribution in [3.05, 3.63) is 22.2 Å². The summed E-state index contributed by atoms with van der Waals surface area (Å²) in [6.07, 6.45) is 0. The number of benzene rings is 1. The summed E-state index contributed by atoms with van der Waals surface area (Å²) in [7, 11) is 1.60. The van der Waals surface area contributed by atoms with E-state index in [1.54, 1.807) is 19.2 Å². The second-order valence-corrected chi connectivity index (χ2v) is 5.49. The molecule has 0 aliphatic heterocycles. The van der Waals surface area contributed by atoms with E-state index in [0.29, 0.717) is 28.0 Å². The number of carbonyl (C=O) groups is 1. The lowest BCUT2D eigenvalue weighted by Gasteiger charge is -2.24. The molecule has 6 heteroatoms. The smallest absolute Gasteiger partial charge is 0.227 e. The average molecular weight is 290 g/mol. The van der Waals surface area contributed by atoms with E-state index in [4.69, 9.17) is 28.9 Å². The van der Waals surface area contributed by atoms with Crippen LogP contribution in [-0.2, 0) is 4.79 Å². The van der Waals surface area contributed by atoms with Crippen LogP contribution in [0.25, 0.3) is 0 Å². The fourth-order valence-electron chi connectivity index (χ4n) is 1.49. The van der Waals surface area contributed by atoms with Crippen LogP contribution in [0.5, 0.6) is 0 Å². The van der Waals surface area contributed by atoms with Crippen molar-refractivity contribution in [2.75, 3.05) is 24.6 Å². The average Bonchev–Trinajstić information content (AvgIpc) is 2.26. The lowest BCUT2D eigenvalue weighted by atomic mass is 9.92. The van der Waals surface area contributed by atoms with Crippen LogP contribution in [0.15, 0.2) is 12.1 Å². The summed E-state index contributed by atoms with van der Waals surface area (Å²) in [6, 6.07) is 3.23. The van der Waals surface area contributed by atoms with Crippen molar-refractivity contribution in [3.8, 4) is 0 Å². The lowest BCUT2D eigenvalue weighted by Crippen LogP contribution is -2.39. The number of carbonyl (C=O) groups excluding carboxylic acids is 1. The molecule has 0 aliphatic rings.